The van der Waals surface area contributed by atoms with Gasteiger partial charge in [-0.05, 0) is 26.0 Å². The van der Waals surface area contributed by atoms with Gasteiger partial charge >= 0.3 is 5.97 Å². The zero-order valence-electron chi connectivity index (χ0n) is 11.1. The first-order chi connectivity index (χ1) is 9.71. The average Bonchev–Trinajstić information content (AvgIpc) is 2.82. The molecule has 112 valence electrons. The van der Waals surface area contributed by atoms with E-state index < -0.39 is 17.2 Å². The standard InChI is InChI=1S/C13H11Cl2FN2O2S/c1-13(2,11(19)20)9-5-21-12(17-9)18-10-7(14)3-6(16)4-8(10)15/h3-5H,1-2H3,(H,17,18)(H,19,20). The highest BCUT2D eigenvalue weighted by atomic mass is 35.5. The normalized spacial score (nSPS) is 11.5. The van der Waals surface area contributed by atoms with Crippen LogP contribution in [-0.4, -0.2) is 16.1 Å². The number of aromatic nitrogens is 1. The van der Waals surface area contributed by atoms with E-state index in [2.05, 4.69) is 10.3 Å². The molecule has 0 saturated carbocycles. The number of aliphatic carboxylic acids is 1. The molecule has 0 saturated heterocycles. The van der Waals surface area contributed by atoms with Crippen LogP contribution in [0, 0.1) is 5.82 Å². The maximum atomic E-state index is 13.1. The summed E-state index contributed by atoms with van der Waals surface area (Å²) in [5.74, 6) is -1.51. The van der Waals surface area contributed by atoms with Gasteiger partial charge in [0.2, 0.25) is 0 Å². The Labute approximate surface area is 134 Å². The number of nitrogens with one attached hydrogen (secondary N) is 1. The molecule has 2 N–H and O–H groups in total. The largest absolute Gasteiger partial charge is 0.481 e. The van der Waals surface area contributed by atoms with Gasteiger partial charge in [-0.15, -0.1) is 11.3 Å². The van der Waals surface area contributed by atoms with E-state index in [9.17, 15) is 14.3 Å². The number of nitrogens with zero attached hydrogens (tertiary/aromatic N) is 1. The van der Waals surface area contributed by atoms with Crippen LogP contribution in [0.1, 0.15) is 19.5 Å². The van der Waals surface area contributed by atoms with Crippen LogP contribution in [0.2, 0.25) is 10.0 Å². The third kappa shape index (κ3) is 3.28. The van der Waals surface area contributed by atoms with Crippen molar-refractivity contribution in [2.45, 2.75) is 19.3 Å². The fourth-order valence-corrected chi connectivity index (χ4v) is 2.93. The lowest BCUT2D eigenvalue weighted by molar-refractivity contribution is -0.142. The van der Waals surface area contributed by atoms with Gasteiger partial charge in [0.25, 0.3) is 0 Å². The van der Waals surface area contributed by atoms with Crippen molar-refractivity contribution in [3.05, 3.63) is 39.1 Å². The molecule has 0 fully saturated rings. The van der Waals surface area contributed by atoms with Crippen molar-refractivity contribution in [2.24, 2.45) is 0 Å². The van der Waals surface area contributed by atoms with Crippen molar-refractivity contribution in [1.82, 2.24) is 4.98 Å². The summed E-state index contributed by atoms with van der Waals surface area (Å²) in [7, 11) is 0. The SMILES string of the molecule is CC(C)(C(=O)O)c1csc(Nc2c(Cl)cc(F)cc2Cl)n1. The molecule has 0 bridgehead atoms. The van der Waals surface area contributed by atoms with Gasteiger partial charge in [0.15, 0.2) is 5.13 Å². The van der Waals surface area contributed by atoms with Gasteiger partial charge in [-0.25, -0.2) is 9.37 Å². The van der Waals surface area contributed by atoms with Crippen molar-refractivity contribution >= 4 is 51.3 Å². The smallest absolute Gasteiger partial charge is 0.315 e. The Morgan fingerprint density at radius 2 is 1.95 bits per heavy atom. The fourth-order valence-electron chi connectivity index (χ4n) is 1.50. The van der Waals surface area contributed by atoms with Crippen LogP contribution in [0.25, 0.3) is 0 Å². The van der Waals surface area contributed by atoms with E-state index >= 15 is 0 Å². The lowest BCUT2D eigenvalue weighted by Gasteiger charge is -2.15. The first kappa shape index (κ1) is 16.0. The van der Waals surface area contributed by atoms with Crippen LogP contribution in [0.15, 0.2) is 17.5 Å². The average molecular weight is 349 g/mol. The van der Waals surface area contributed by atoms with Crippen molar-refractivity contribution < 1.29 is 14.3 Å². The van der Waals surface area contributed by atoms with Gasteiger partial charge in [0, 0.05) is 5.38 Å². The maximum absolute atomic E-state index is 13.1. The van der Waals surface area contributed by atoms with E-state index in [1.54, 1.807) is 19.2 Å². The summed E-state index contributed by atoms with van der Waals surface area (Å²) in [6.07, 6.45) is 0. The monoisotopic (exact) mass is 348 g/mol. The summed E-state index contributed by atoms with van der Waals surface area (Å²) in [6.45, 7) is 3.12. The number of carboxylic acid groups (broad SMARTS) is 1. The summed E-state index contributed by atoms with van der Waals surface area (Å²) in [5, 5.41) is 14.4. The van der Waals surface area contributed by atoms with E-state index in [1.807, 2.05) is 0 Å². The number of halogens is 3. The molecule has 1 aromatic heterocycles. The fraction of sp³-hybridized carbons (Fsp3) is 0.231. The predicted octanol–water partition coefficient (Wildman–Crippen LogP) is 4.69. The Morgan fingerprint density at radius 1 is 1.38 bits per heavy atom. The summed E-state index contributed by atoms with van der Waals surface area (Å²) < 4.78 is 13.1. The molecule has 2 rings (SSSR count). The Kier molecular flexibility index (Phi) is 4.41. The molecule has 8 heteroatoms. The lowest BCUT2D eigenvalue weighted by Crippen LogP contribution is -2.28. The molecule has 0 spiro atoms. The van der Waals surface area contributed by atoms with E-state index in [0.29, 0.717) is 16.5 Å². The Balaban J connectivity index is 2.31. The minimum absolute atomic E-state index is 0.120. The van der Waals surface area contributed by atoms with Gasteiger partial charge in [-0.2, -0.15) is 0 Å². The van der Waals surface area contributed by atoms with Crippen molar-refractivity contribution in [3.8, 4) is 0 Å². The number of hydrogen-bond donors (Lipinski definition) is 2. The number of anilines is 2. The molecule has 2 aromatic rings. The molecule has 0 radical (unpaired) electrons. The summed E-state index contributed by atoms with van der Waals surface area (Å²) in [4.78, 5) is 15.4. The minimum atomic E-state index is -1.10. The van der Waals surface area contributed by atoms with Gasteiger partial charge in [-0.1, -0.05) is 23.2 Å². The molecule has 0 unspecified atom stereocenters. The number of carbonyl (C=O) groups is 1. The summed E-state index contributed by atoms with van der Waals surface area (Å²) in [6, 6.07) is 2.26. The van der Waals surface area contributed by atoms with Crippen LogP contribution in [0.3, 0.4) is 0 Å². The number of carboxylic acids is 1. The number of rotatable bonds is 4. The highest BCUT2D eigenvalue weighted by Gasteiger charge is 2.32. The van der Waals surface area contributed by atoms with Gasteiger partial charge in [0.1, 0.15) is 11.2 Å². The van der Waals surface area contributed by atoms with Crippen LogP contribution in [0.4, 0.5) is 15.2 Å². The number of hydrogen-bond acceptors (Lipinski definition) is 4. The first-order valence-corrected chi connectivity index (χ1v) is 7.46. The second kappa shape index (κ2) is 5.79. The second-order valence-electron chi connectivity index (χ2n) is 4.84. The van der Waals surface area contributed by atoms with Gasteiger partial charge < -0.3 is 10.4 Å². The lowest BCUT2D eigenvalue weighted by atomic mass is 9.90. The topological polar surface area (TPSA) is 62.2 Å². The Bertz CT molecular complexity index is 680. The van der Waals surface area contributed by atoms with Gasteiger partial charge in [0.05, 0.1) is 21.4 Å². The molecule has 0 aliphatic rings. The zero-order valence-corrected chi connectivity index (χ0v) is 13.4. The molecule has 1 heterocycles. The summed E-state index contributed by atoms with van der Waals surface area (Å²) >= 11 is 13.1. The quantitative estimate of drug-likeness (QED) is 0.840. The predicted molar refractivity (Wildman–Crippen MR) is 82.5 cm³/mol. The molecule has 1 aromatic carbocycles. The van der Waals surface area contributed by atoms with Crippen molar-refractivity contribution in [2.75, 3.05) is 5.32 Å². The molecular formula is C13H11Cl2FN2O2S. The molecular weight excluding hydrogens is 338 g/mol. The van der Waals surface area contributed by atoms with E-state index in [1.165, 1.54) is 11.3 Å². The van der Waals surface area contributed by atoms with Gasteiger partial charge in [-0.3, -0.25) is 4.79 Å². The Hall–Kier alpha value is -1.37. The summed E-state index contributed by atoms with van der Waals surface area (Å²) in [5.41, 5.74) is -0.363. The van der Waals surface area contributed by atoms with Crippen LogP contribution < -0.4 is 5.32 Å². The van der Waals surface area contributed by atoms with Crippen molar-refractivity contribution in [1.29, 1.82) is 0 Å². The maximum Gasteiger partial charge on any atom is 0.315 e. The number of benzene rings is 1. The van der Waals surface area contributed by atoms with Crippen molar-refractivity contribution in [3.63, 3.8) is 0 Å². The molecule has 0 aliphatic heterocycles. The molecule has 0 aliphatic carbocycles. The third-order valence-corrected chi connectivity index (χ3v) is 4.27. The minimum Gasteiger partial charge on any atom is -0.481 e. The van der Waals surface area contributed by atoms with Crippen LogP contribution in [-0.2, 0) is 10.2 Å². The molecule has 21 heavy (non-hydrogen) atoms. The first-order valence-electron chi connectivity index (χ1n) is 5.83. The van der Waals surface area contributed by atoms with E-state index in [0.717, 1.165) is 12.1 Å². The third-order valence-electron chi connectivity index (χ3n) is 2.92. The van der Waals surface area contributed by atoms with Crippen LogP contribution >= 0.6 is 34.5 Å². The molecule has 0 amide bonds. The molecule has 0 atom stereocenters. The second-order valence-corrected chi connectivity index (χ2v) is 6.51. The van der Waals surface area contributed by atoms with Crippen LogP contribution in [0.5, 0.6) is 0 Å². The number of thiazole rings is 1. The highest BCUT2D eigenvalue weighted by molar-refractivity contribution is 7.13. The Morgan fingerprint density at radius 3 is 2.48 bits per heavy atom. The highest BCUT2D eigenvalue weighted by Crippen LogP contribution is 2.35. The van der Waals surface area contributed by atoms with E-state index in [4.69, 9.17) is 23.2 Å². The molecule has 4 nitrogen and oxygen atoms in total. The van der Waals surface area contributed by atoms with E-state index in [-0.39, 0.29) is 10.0 Å². The zero-order chi connectivity index (χ0) is 15.8.